The molecular formula is C25H17NO2. The molecule has 0 radical (unpaired) electrons. The molecule has 0 spiro atoms. The van der Waals surface area contributed by atoms with E-state index in [1.165, 1.54) is 0 Å². The number of hydrogen-bond acceptors (Lipinski definition) is 2. The molecular weight excluding hydrogens is 346 g/mol. The fourth-order valence-electron chi connectivity index (χ4n) is 4.52. The Kier molecular flexibility index (Phi) is 3.15. The molecule has 0 bridgehead atoms. The standard InChI is InChI=1S/C25H17NO2/c27-24-19-12-6-7-13-20(19)25-26(24)22(17-9-2-1-3-10-17)21-15-14-16-8-4-5-11-18(16)23(21)28-25/h1-15,22,25H/t22-,25+/m0/s1. The molecule has 2 aliphatic heterocycles. The van der Waals surface area contributed by atoms with Gasteiger partial charge in [-0.05, 0) is 17.0 Å². The Labute approximate surface area is 162 Å². The fourth-order valence-corrected chi connectivity index (χ4v) is 4.52. The summed E-state index contributed by atoms with van der Waals surface area (Å²) in [5, 5.41) is 2.22. The highest BCUT2D eigenvalue weighted by atomic mass is 16.5. The highest BCUT2D eigenvalue weighted by molar-refractivity contribution is 6.00. The van der Waals surface area contributed by atoms with Crippen molar-refractivity contribution in [2.24, 2.45) is 0 Å². The first kappa shape index (κ1) is 15.5. The van der Waals surface area contributed by atoms with Crippen LogP contribution in [0.2, 0.25) is 0 Å². The van der Waals surface area contributed by atoms with E-state index in [0.717, 1.165) is 38.8 Å². The van der Waals surface area contributed by atoms with Crippen molar-refractivity contribution < 1.29 is 9.53 Å². The van der Waals surface area contributed by atoms with Crippen LogP contribution in [-0.4, -0.2) is 10.8 Å². The van der Waals surface area contributed by atoms with Crippen LogP contribution in [0.15, 0.2) is 91.0 Å². The summed E-state index contributed by atoms with van der Waals surface area (Å²) in [6, 6.07) is 30.3. The minimum Gasteiger partial charge on any atom is -0.465 e. The molecule has 3 nitrogen and oxygen atoms in total. The molecule has 6 rings (SSSR count). The Morgan fingerprint density at radius 3 is 2.36 bits per heavy atom. The third-order valence-electron chi connectivity index (χ3n) is 5.77. The van der Waals surface area contributed by atoms with Crippen molar-refractivity contribution in [2.75, 3.05) is 0 Å². The van der Waals surface area contributed by atoms with Crippen LogP contribution in [-0.2, 0) is 0 Å². The first-order valence-corrected chi connectivity index (χ1v) is 9.48. The topological polar surface area (TPSA) is 29.5 Å². The summed E-state index contributed by atoms with van der Waals surface area (Å²) in [6.07, 6.45) is -0.410. The molecule has 2 atom stereocenters. The van der Waals surface area contributed by atoms with E-state index in [-0.39, 0.29) is 11.9 Å². The van der Waals surface area contributed by atoms with E-state index in [2.05, 4.69) is 36.4 Å². The third kappa shape index (κ3) is 2.01. The second-order valence-corrected chi connectivity index (χ2v) is 7.29. The van der Waals surface area contributed by atoms with Crippen molar-refractivity contribution in [3.05, 3.63) is 113 Å². The number of amides is 1. The summed E-state index contributed by atoms with van der Waals surface area (Å²) >= 11 is 0. The van der Waals surface area contributed by atoms with Gasteiger partial charge in [0.05, 0.1) is 6.04 Å². The molecule has 3 heteroatoms. The number of nitrogens with zero attached hydrogens (tertiary/aromatic N) is 1. The lowest BCUT2D eigenvalue weighted by molar-refractivity contribution is 0.00382. The smallest absolute Gasteiger partial charge is 0.258 e. The van der Waals surface area contributed by atoms with Gasteiger partial charge in [0.15, 0.2) is 0 Å². The molecule has 0 aliphatic carbocycles. The van der Waals surface area contributed by atoms with Gasteiger partial charge in [-0.15, -0.1) is 0 Å². The van der Waals surface area contributed by atoms with Crippen molar-refractivity contribution in [2.45, 2.75) is 12.3 Å². The van der Waals surface area contributed by atoms with Crippen LogP contribution in [0.25, 0.3) is 10.8 Å². The van der Waals surface area contributed by atoms with Crippen molar-refractivity contribution in [1.29, 1.82) is 0 Å². The molecule has 0 fully saturated rings. The van der Waals surface area contributed by atoms with Crippen molar-refractivity contribution >= 4 is 16.7 Å². The lowest BCUT2D eigenvalue weighted by Crippen LogP contribution is -2.39. The van der Waals surface area contributed by atoms with Gasteiger partial charge in [0.1, 0.15) is 5.75 Å². The van der Waals surface area contributed by atoms with Crippen LogP contribution in [0.5, 0.6) is 5.75 Å². The number of carbonyl (C=O) groups is 1. The zero-order valence-electron chi connectivity index (χ0n) is 15.1. The lowest BCUT2D eigenvalue weighted by atomic mass is 9.92. The van der Waals surface area contributed by atoms with Gasteiger partial charge in [-0.3, -0.25) is 9.69 Å². The van der Waals surface area contributed by atoms with E-state index in [1.807, 2.05) is 59.5 Å². The number of fused-ring (bicyclic) bond motifs is 6. The van der Waals surface area contributed by atoms with E-state index < -0.39 is 6.23 Å². The minimum atomic E-state index is -0.410. The average molecular weight is 363 g/mol. The van der Waals surface area contributed by atoms with E-state index in [9.17, 15) is 4.79 Å². The van der Waals surface area contributed by atoms with Crippen molar-refractivity contribution in [1.82, 2.24) is 4.90 Å². The highest BCUT2D eigenvalue weighted by Gasteiger charge is 2.47. The van der Waals surface area contributed by atoms with Gasteiger partial charge < -0.3 is 4.74 Å². The van der Waals surface area contributed by atoms with E-state index >= 15 is 0 Å². The molecule has 0 saturated carbocycles. The monoisotopic (exact) mass is 363 g/mol. The third-order valence-corrected chi connectivity index (χ3v) is 5.77. The molecule has 1 amide bonds. The van der Waals surface area contributed by atoms with Crippen LogP contribution in [0.4, 0.5) is 0 Å². The van der Waals surface area contributed by atoms with Crippen LogP contribution in [0, 0.1) is 0 Å². The molecule has 4 aromatic carbocycles. The predicted octanol–water partition coefficient (Wildman–Crippen LogP) is 5.48. The minimum absolute atomic E-state index is 0.0215. The molecule has 4 aromatic rings. The van der Waals surface area contributed by atoms with Crippen molar-refractivity contribution in [3.8, 4) is 5.75 Å². The van der Waals surface area contributed by atoms with Crippen LogP contribution >= 0.6 is 0 Å². The number of carbonyl (C=O) groups excluding carboxylic acids is 1. The van der Waals surface area contributed by atoms with Gasteiger partial charge in [0, 0.05) is 22.1 Å². The van der Waals surface area contributed by atoms with Gasteiger partial charge >= 0.3 is 0 Å². The Morgan fingerprint density at radius 1 is 0.714 bits per heavy atom. The highest BCUT2D eigenvalue weighted by Crippen LogP contribution is 2.51. The predicted molar refractivity (Wildman–Crippen MR) is 108 cm³/mol. The number of benzene rings is 4. The number of rotatable bonds is 1. The largest absolute Gasteiger partial charge is 0.465 e. The quantitative estimate of drug-likeness (QED) is 0.448. The molecule has 2 heterocycles. The number of hydrogen-bond donors (Lipinski definition) is 0. The molecule has 0 saturated heterocycles. The average Bonchev–Trinajstić information content (AvgIpc) is 3.05. The Balaban J connectivity index is 1.66. The second kappa shape index (κ2) is 5.70. The van der Waals surface area contributed by atoms with Gasteiger partial charge in [-0.2, -0.15) is 0 Å². The maximum Gasteiger partial charge on any atom is 0.258 e. The fraction of sp³-hybridized carbons (Fsp3) is 0.0800. The van der Waals surface area contributed by atoms with Gasteiger partial charge in [-0.1, -0.05) is 84.9 Å². The molecule has 134 valence electrons. The van der Waals surface area contributed by atoms with Crippen LogP contribution in [0.3, 0.4) is 0 Å². The lowest BCUT2D eigenvalue weighted by Gasteiger charge is -2.40. The summed E-state index contributed by atoms with van der Waals surface area (Å²) in [5.41, 5.74) is 3.79. The first-order chi connectivity index (χ1) is 13.8. The van der Waals surface area contributed by atoms with Crippen LogP contribution in [0.1, 0.15) is 39.3 Å². The summed E-state index contributed by atoms with van der Waals surface area (Å²) in [5.74, 6) is 0.894. The van der Waals surface area contributed by atoms with Gasteiger partial charge in [0.2, 0.25) is 6.23 Å². The molecule has 2 aliphatic rings. The maximum atomic E-state index is 13.3. The number of ether oxygens (including phenoxy) is 1. The van der Waals surface area contributed by atoms with E-state index in [4.69, 9.17) is 4.74 Å². The zero-order valence-corrected chi connectivity index (χ0v) is 15.1. The Bertz CT molecular complexity index is 1230. The Morgan fingerprint density at radius 2 is 1.46 bits per heavy atom. The summed E-state index contributed by atoms with van der Waals surface area (Å²) in [6.45, 7) is 0. The summed E-state index contributed by atoms with van der Waals surface area (Å²) in [4.78, 5) is 15.2. The zero-order chi connectivity index (χ0) is 18.7. The molecule has 0 aromatic heterocycles. The van der Waals surface area contributed by atoms with Gasteiger partial charge in [0.25, 0.3) is 5.91 Å². The normalized spacial score (nSPS) is 19.7. The molecule has 0 N–H and O–H groups in total. The summed E-state index contributed by atoms with van der Waals surface area (Å²) < 4.78 is 6.52. The van der Waals surface area contributed by atoms with E-state index in [0.29, 0.717) is 0 Å². The second-order valence-electron chi connectivity index (χ2n) is 7.29. The Hall–Kier alpha value is -3.59. The maximum absolute atomic E-state index is 13.3. The SMILES string of the molecule is O=C1c2ccccc2[C@H]2Oc3c(ccc4ccccc34)[C@H](c3ccccc3)N12. The first-order valence-electron chi connectivity index (χ1n) is 9.48. The molecule has 28 heavy (non-hydrogen) atoms. The van der Waals surface area contributed by atoms with Gasteiger partial charge in [-0.25, -0.2) is 0 Å². The van der Waals surface area contributed by atoms with E-state index in [1.54, 1.807) is 0 Å². The molecule has 0 unspecified atom stereocenters. The van der Waals surface area contributed by atoms with Crippen molar-refractivity contribution in [3.63, 3.8) is 0 Å². The summed E-state index contributed by atoms with van der Waals surface area (Å²) in [7, 11) is 0. The van der Waals surface area contributed by atoms with Crippen LogP contribution < -0.4 is 4.74 Å².